The van der Waals surface area contributed by atoms with Crippen molar-refractivity contribution in [3.05, 3.63) is 59.4 Å². The predicted octanol–water partition coefficient (Wildman–Crippen LogP) is 3.98. The lowest BCUT2D eigenvalue weighted by Crippen LogP contribution is -1.92. The molecule has 0 radical (unpaired) electrons. The Kier molecular flexibility index (Phi) is 4.69. The van der Waals surface area contributed by atoms with E-state index in [1.54, 1.807) is 6.07 Å². The summed E-state index contributed by atoms with van der Waals surface area (Å²) >= 11 is 0. The van der Waals surface area contributed by atoms with Gasteiger partial charge in [-0.1, -0.05) is 49.7 Å². The Morgan fingerprint density at radius 3 is 2.21 bits per heavy atom. The predicted molar refractivity (Wildman–Crippen MR) is 76.6 cm³/mol. The van der Waals surface area contributed by atoms with E-state index in [1.807, 2.05) is 36.4 Å². The molecule has 0 aromatic heterocycles. The monoisotopic (exact) mass is 258 g/mol. The van der Waals surface area contributed by atoms with Gasteiger partial charge in [0.25, 0.3) is 0 Å². The van der Waals surface area contributed by atoms with Gasteiger partial charge in [0.1, 0.15) is 5.82 Å². The van der Waals surface area contributed by atoms with Crippen molar-refractivity contribution in [3.63, 3.8) is 0 Å². The summed E-state index contributed by atoms with van der Waals surface area (Å²) < 4.78 is 14.1. The minimum Gasteiger partial charge on any atom is -0.396 e. The summed E-state index contributed by atoms with van der Waals surface area (Å²) in [6, 6.07) is 13.1. The van der Waals surface area contributed by atoms with Crippen molar-refractivity contribution in [2.45, 2.75) is 26.2 Å². The van der Waals surface area contributed by atoms with Gasteiger partial charge in [0.05, 0.1) is 0 Å². The standard InChI is InChI=1S/C17H19FO/c1-2-3-14-6-9-16(17(18)12-14)15-7-4-13(5-8-15)10-11-19/h4-9,12,19H,2-3,10-11H2,1H3. The molecule has 0 aliphatic heterocycles. The number of halogens is 1. The molecule has 0 aliphatic carbocycles. The van der Waals surface area contributed by atoms with E-state index >= 15 is 0 Å². The number of rotatable bonds is 5. The third-order valence-electron chi connectivity index (χ3n) is 3.24. The van der Waals surface area contributed by atoms with Crippen molar-refractivity contribution in [1.29, 1.82) is 0 Å². The summed E-state index contributed by atoms with van der Waals surface area (Å²) in [6.07, 6.45) is 2.57. The molecule has 0 bridgehead atoms. The molecular weight excluding hydrogens is 239 g/mol. The highest BCUT2D eigenvalue weighted by atomic mass is 19.1. The zero-order valence-corrected chi connectivity index (χ0v) is 11.2. The van der Waals surface area contributed by atoms with Crippen LogP contribution in [-0.4, -0.2) is 11.7 Å². The quantitative estimate of drug-likeness (QED) is 0.860. The first-order chi connectivity index (χ1) is 9.24. The molecule has 1 nitrogen and oxygen atoms in total. The van der Waals surface area contributed by atoms with E-state index in [4.69, 9.17) is 5.11 Å². The molecule has 2 aromatic rings. The molecule has 0 saturated heterocycles. The van der Waals surface area contributed by atoms with Crippen molar-refractivity contribution in [3.8, 4) is 11.1 Å². The van der Waals surface area contributed by atoms with Gasteiger partial charge >= 0.3 is 0 Å². The van der Waals surface area contributed by atoms with Crippen LogP contribution in [0.4, 0.5) is 4.39 Å². The molecule has 0 saturated carbocycles. The summed E-state index contributed by atoms with van der Waals surface area (Å²) in [4.78, 5) is 0. The normalized spacial score (nSPS) is 10.7. The third kappa shape index (κ3) is 3.42. The lowest BCUT2D eigenvalue weighted by atomic mass is 10.00. The van der Waals surface area contributed by atoms with Crippen molar-refractivity contribution >= 4 is 0 Å². The average molecular weight is 258 g/mol. The van der Waals surface area contributed by atoms with E-state index in [0.29, 0.717) is 12.0 Å². The van der Waals surface area contributed by atoms with E-state index in [1.165, 1.54) is 0 Å². The molecule has 0 amide bonds. The van der Waals surface area contributed by atoms with Gasteiger partial charge in [0, 0.05) is 12.2 Å². The van der Waals surface area contributed by atoms with Gasteiger partial charge in [0.2, 0.25) is 0 Å². The Bertz CT molecular complexity index is 531. The molecule has 2 aromatic carbocycles. The highest BCUT2D eigenvalue weighted by Crippen LogP contribution is 2.24. The lowest BCUT2D eigenvalue weighted by Gasteiger charge is -2.07. The Hall–Kier alpha value is -1.67. The van der Waals surface area contributed by atoms with Crippen molar-refractivity contribution in [2.24, 2.45) is 0 Å². The topological polar surface area (TPSA) is 20.2 Å². The van der Waals surface area contributed by atoms with Gasteiger partial charge in [-0.15, -0.1) is 0 Å². The fraction of sp³-hybridized carbons (Fsp3) is 0.294. The molecule has 0 atom stereocenters. The van der Waals surface area contributed by atoms with Crippen LogP contribution in [0.25, 0.3) is 11.1 Å². The first kappa shape index (κ1) is 13.8. The second kappa shape index (κ2) is 6.48. The zero-order chi connectivity index (χ0) is 13.7. The Morgan fingerprint density at radius 1 is 0.947 bits per heavy atom. The molecule has 19 heavy (non-hydrogen) atoms. The number of hydrogen-bond acceptors (Lipinski definition) is 1. The summed E-state index contributed by atoms with van der Waals surface area (Å²) in [5.41, 5.74) is 3.62. The van der Waals surface area contributed by atoms with Gasteiger partial charge in [0.15, 0.2) is 0 Å². The molecule has 0 aliphatic rings. The van der Waals surface area contributed by atoms with Crippen molar-refractivity contribution in [2.75, 3.05) is 6.61 Å². The van der Waals surface area contributed by atoms with Crippen molar-refractivity contribution in [1.82, 2.24) is 0 Å². The number of aryl methyl sites for hydroxylation is 1. The minimum absolute atomic E-state index is 0.138. The summed E-state index contributed by atoms with van der Waals surface area (Å²) in [5, 5.41) is 8.87. The first-order valence-electron chi connectivity index (χ1n) is 6.73. The SMILES string of the molecule is CCCc1ccc(-c2ccc(CCO)cc2)c(F)c1. The number of aliphatic hydroxyl groups is 1. The number of aliphatic hydroxyl groups excluding tert-OH is 1. The van der Waals surface area contributed by atoms with Gasteiger partial charge in [-0.25, -0.2) is 4.39 Å². The van der Waals surface area contributed by atoms with E-state index in [9.17, 15) is 4.39 Å². The third-order valence-corrected chi connectivity index (χ3v) is 3.24. The highest BCUT2D eigenvalue weighted by molar-refractivity contribution is 5.64. The molecule has 0 spiro atoms. The molecule has 0 heterocycles. The Labute approximate surface area is 113 Å². The van der Waals surface area contributed by atoms with Crippen LogP contribution in [0, 0.1) is 5.82 Å². The maximum atomic E-state index is 14.1. The molecule has 1 N–H and O–H groups in total. The summed E-state index contributed by atoms with van der Waals surface area (Å²) in [7, 11) is 0. The fourth-order valence-electron chi connectivity index (χ4n) is 2.22. The molecule has 2 rings (SSSR count). The van der Waals surface area contributed by atoms with E-state index in [2.05, 4.69) is 6.92 Å². The summed E-state index contributed by atoms with van der Waals surface area (Å²) in [5.74, 6) is -0.166. The zero-order valence-electron chi connectivity index (χ0n) is 11.2. The van der Waals surface area contributed by atoms with Crippen LogP contribution in [-0.2, 0) is 12.8 Å². The van der Waals surface area contributed by atoms with Gasteiger partial charge < -0.3 is 5.11 Å². The molecule has 2 heteroatoms. The first-order valence-corrected chi connectivity index (χ1v) is 6.73. The van der Waals surface area contributed by atoms with Crippen LogP contribution in [0.5, 0.6) is 0 Å². The van der Waals surface area contributed by atoms with Crippen LogP contribution in [0.1, 0.15) is 24.5 Å². The Balaban J connectivity index is 2.25. The number of hydrogen-bond donors (Lipinski definition) is 1. The lowest BCUT2D eigenvalue weighted by molar-refractivity contribution is 0.299. The number of benzene rings is 2. The van der Waals surface area contributed by atoms with E-state index in [-0.39, 0.29) is 12.4 Å². The van der Waals surface area contributed by atoms with Crippen LogP contribution < -0.4 is 0 Å². The van der Waals surface area contributed by atoms with E-state index < -0.39 is 0 Å². The molecular formula is C17H19FO. The van der Waals surface area contributed by atoms with Crippen LogP contribution in [0.3, 0.4) is 0 Å². The molecule has 0 fully saturated rings. The summed E-state index contributed by atoms with van der Waals surface area (Å²) in [6.45, 7) is 2.23. The van der Waals surface area contributed by atoms with Gasteiger partial charge in [-0.2, -0.15) is 0 Å². The van der Waals surface area contributed by atoms with Gasteiger partial charge in [-0.05, 0) is 35.6 Å². The van der Waals surface area contributed by atoms with Crippen LogP contribution in [0.15, 0.2) is 42.5 Å². The smallest absolute Gasteiger partial charge is 0.131 e. The second-order valence-corrected chi connectivity index (χ2v) is 4.73. The van der Waals surface area contributed by atoms with Gasteiger partial charge in [-0.3, -0.25) is 0 Å². The van der Waals surface area contributed by atoms with Crippen LogP contribution in [0.2, 0.25) is 0 Å². The largest absolute Gasteiger partial charge is 0.396 e. The molecule has 0 unspecified atom stereocenters. The van der Waals surface area contributed by atoms with E-state index in [0.717, 1.165) is 29.5 Å². The fourth-order valence-corrected chi connectivity index (χ4v) is 2.22. The van der Waals surface area contributed by atoms with Crippen LogP contribution >= 0.6 is 0 Å². The second-order valence-electron chi connectivity index (χ2n) is 4.73. The Morgan fingerprint density at radius 2 is 1.63 bits per heavy atom. The highest BCUT2D eigenvalue weighted by Gasteiger charge is 2.06. The maximum absolute atomic E-state index is 14.1. The average Bonchev–Trinajstić information content (AvgIpc) is 2.41. The minimum atomic E-state index is -0.166. The maximum Gasteiger partial charge on any atom is 0.131 e. The molecule has 100 valence electrons. The van der Waals surface area contributed by atoms with Crippen molar-refractivity contribution < 1.29 is 9.50 Å².